The van der Waals surface area contributed by atoms with E-state index in [4.69, 9.17) is 16.2 Å². The average molecular weight is 337 g/mol. The van der Waals surface area contributed by atoms with Crippen LogP contribution in [0.5, 0.6) is 0 Å². The van der Waals surface area contributed by atoms with Gasteiger partial charge in [-0.3, -0.25) is 9.69 Å². The molecule has 7 heteroatoms. The summed E-state index contributed by atoms with van der Waals surface area (Å²) in [6, 6.07) is 7.21. The number of thioether (sulfide) groups is 1. The number of rotatable bonds is 3. The summed E-state index contributed by atoms with van der Waals surface area (Å²) in [5.74, 6) is 0.0969. The molecule has 6 nitrogen and oxygen atoms in total. The van der Waals surface area contributed by atoms with Gasteiger partial charge in [0, 0.05) is 24.4 Å². The van der Waals surface area contributed by atoms with Gasteiger partial charge in [-0.2, -0.15) is 0 Å². The summed E-state index contributed by atoms with van der Waals surface area (Å²) in [5, 5.41) is 0. The molecule has 0 aliphatic carbocycles. The number of carbonyl (C=O) groups excluding carboxylic acids is 2. The number of benzene rings is 1. The molecule has 0 saturated carbocycles. The zero-order valence-corrected chi connectivity index (χ0v) is 14.5. The summed E-state index contributed by atoms with van der Waals surface area (Å²) in [6.45, 7) is 5.80. The predicted octanol–water partition coefficient (Wildman–Crippen LogP) is 1.98. The van der Waals surface area contributed by atoms with E-state index in [1.165, 1.54) is 16.7 Å². The molecule has 1 aliphatic heterocycles. The largest absolute Gasteiger partial charge is 0.444 e. The Labute approximate surface area is 140 Å². The molecular weight excluding hydrogens is 314 g/mol. The van der Waals surface area contributed by atoms with Crippen LogP contribution < -0.4 is 11.5 Å². The average Bonchev–Trinajstić information content (AvgIpc) is 2.84. The van der Waals surface area contributed by atoms with E-state index in [-0.39, 0.29) is 0 Å². The van der Waals surface area contributed by atoms with Crippen LogP contribution >= 0.6 is 11.8 Å². The maximum atomic E-state index is 12.5. The lowest BCUT2D eigenvalue weighted by Gasteiger charge is -2.35. The highest BCUT2D eigenvalue weighted by molar-refractivity contribution is 8.01. The quantitative estimate of drug-likeness (QED) is 0.822. The monoisotopic (exact) mass is 337 g/mol. The molecule has 1 aromatic rings. The standard InChI is InChI=1S/C16H23N3O3S/c1-15(2,3)22-14(21)19-8-9-23-16(19,13(18)20)10-11-4-6-12(17)7-5-11/h4-7H,8-10,17H2,1-3H3,(H2,18,20). The lowest BCUT2D eigenvalue weighted by atomic mass is 10.0. The van der Waals surface area contributed by atoms with Crippen LogP contribution in [0.3, 0.4) is 0 Å². The van der Waals surface area contributed by atoms with Gasteiger partial charge in [0.25, 0.3) is 5.91 Å². The van der Waals surface area contributed by atoms with E-state index in [1.807, 2.05) is 12.1 Å². The van der Waals surface area contributed by atoms with Gasteiger partial charge in [0.1, 0.15) is 5.60 Å². The van der Waals surface area contributed by atoms with Crippen molar-refractivity contribution in [2.45, 2.75) is 37.7 Å². The summed E-state index contributed by atoms with van der Waals surface area (Å²) in [4.78, 5) is 25.0. The highest BCUT2D eigenvalue weighted by Gasteiger charge is 2.50. The number of hydrogen-bond acceptors (Lipinski definition) is 5. The third kappa shape index (κ3) is 3.90. The summed E-state index contributed by atoms with van der Waals surface area (Å²) in [5.41, 5.74) is 12.3. The Morgan fingerprint density at radius 2 is 1.91 bits per heavy atom. The first-order valence-electron chi connectivity index (χ1n) is 7.43. The number of hydrogen-bond donors (Lipinski definition) is 2. The van der Waals surface area contributed by atoms with Crippen LogP contribution in [0.15, 0.2) is 24.3 Å². The molecule has 1 aliphatic rings. The van der Waals surface area contributed by atoms with Gasteiger partial charge in [-0.05, 0) is 38.5 Å². The van der Waals surface area contributed by atoms with Crippen molar-refractivity contribution in [2.24, 2.45) is 5.73 Å². The van der Waals surface area contributed by atoms with E-state index in [0.29, 0.717) is 24.4 Å². The fourth-order valence-electron chi connectivity index (χ4n) is 2.47. The molecule has 1 saturated heterocycles. The third-order valence-corrected chi connectivity index (χ3v) is 4.94. The minimum Gasteiger partial charge on any atom is -0.444 e. The lowest BCUT2D eigenvalue weighted by Crippen LogP contribution is -2.56. The van der Waals surface area contributed by atoms with E-state index in [1.54, 1.807) is 32.9 Å². The first-order chi connectivity index (χ1) is 10.6. The van der Waals surface area contributed by atoms with Crippen molar-refractivity contribution in [2.75, 3.05) is 18.0 Å². The second-order valence-electron chi connectivity index (χ2n) is 6.55. The number of amides is 2. The minimum absolute atomic E-state index is 0.326. The van der Waals surface area contributed by atoms with Gasteiger partial charge in [-0.25, -0.2) is 4.79 Å². The summed E-state index contributed by atoms with van der Waals surface area (Å²) in [6.07, 6.45) is -0.191. The molecule has 2 rings (SSSR count). The Hall–Kier alpha value is -1.89. The van der Waals surface area contributed by atoms with Gasteiger partial charge < -0.3 is 16.2 Å². The normalized spacial score (nSPS) is 21.3. The van der Waals surface area contributed by atoms with Gasteiger partial charge >= 0.3 is 6.09 Å². The van der Waals surface area contributed by atoms with E-state index in [9.17, 15) is 9.59 Å². The van der Waals surface area contributed by atoms with Crippen LogP contribution in [0.4, 0.5) is 10.5 Å². The highest BCUT2D eigenvalue weighted by atomic mass is 32.2. The second-order valence-corrected chi connectivity index (χ2v) is 7.92. The van der Waals surface area contributed by atoms with Crippen molar-refractivity contribution < 1.29 is 14.3 Å². The molecule has 1 aromatic carbocycles. The molecule has 0 spiro atoms. The molecule has 0 aromatic heterocycles. The van der Waals surface area contributed by atoms with E-state index in [2.05, 4.69) is 0 Å². The molecule has 1 unspecified atom stereocenters. The maximum Gasteiger partial charge on any atom is 0.411 e. The van der Waals surface area contributed by atoms with Crippen LogP contribution in [0.1, 0.15) is 26.3 Å². The molecular formula is C16H23N3O3S. The summed E-state index contributed by atoms with van der Waals surface area (Å²) in [7, 11) is 0. The Kier molecular flexibility index (Phi) is 4.79. The van der Waals surface area contributed by atoms with E-state index in [0.717, 1.165) is 5.56 Å². The Bertz CT molecular complexity index is 598. The Morgan fingerprint density at radius 3 is 2.43 bits per heavy atom. The Morgan fingerprint density at radius 1 is 1.30 bits per heavy atom. The smallest absolute Gasteiger partial charge is 0.411 e. The number of ether oxygens (including phenoxy) is 1. The number of carbonyl (C=O) groups is 2. The van der Waals surface area contributed by atoms with E-state index >= 15 is 0 Å². The topological polar surface area (TPSA) is 98.7 Å². The number of nitrogen functional groups attached to an aromatic ring is 1. The van der Waals surface area contributed by atoms with Crippen molar-refractivity contribution in [1.29, 1.82) is 0 Å². The zero-order valence-electron chi connectivity index (χ0n) is 13.7. The fraction of sp³-hybridized carbons (Fsp3) is 0.500. The van der Waals surface area contributed by atoms with Crippen LogP contribution in [-0.2, 0) is 16.0 Å². The predicted molar refractivity (Wildman–Crippen MR) is 91.9 cm³/mol. The first-order valence-corrected chi connectivity index (χ1v) is 8.41. The molecule has 2 amide bonds. The number of primary amides is 1. The molecule has 23 heavy (non-hydrogen) atoms. The summed E-state index contributed by atoms with van der Waals surface area (Å²) >= 11 is 1.38. The Balaban J connectivity index is 2.29. The van der Waals surface area contributed by atoms with Gasteiger partial charge in [-0.15, -0.1) is 11.8 Å². The number of nitrogens with zero attached hydrogens (tertiary/aromatic N) is 1. The first kappa shape index (κ1) is 17.5. The minimum atomic E-state index is -1.13. The highest BCUT2D eigenvalue weighted by Crippen LogP contribution is 2.39. The fourth-order valence-corrected chi connectivity index (χ4v) is 3.81. The SMILES string of the molecule is CC(C)(C)OC(=O)N1CCSC1(Cc1ccc(N)cc1)C(N)=O. The molecule has 4 N–H and O–H groups in total. The zero-order chi connectivity index (χ0) is 17.3. The van der Waals surface area contributed by atoms with Crippen molar-refractivity contribution in [1.82, 2.24) is 4.90 Å². The van der Waals surface area contributed by atoms with Crippen LogP contribution in [0.2, 0.25) is 0 Å². The molecule has 1 atom stereocenters. The maximum absolute atomic E-state index is 12.5. The van der Waals surface area contributed by atoms with E-state index < -0.39 is 22.5 Å². The molecule has 0 radical (unpaired) electrons. The molecule has 0 bridgehead atoms. The van der Waals surface area contributed by atoms with Gasteiger partial charge in [-0.1, -0.05) is 12.1 Å². The van der Waals surface area contributed by atoms with Crippen LogP contribution in [0, 0.1) is 0 Å². The van der Waals surface area contributed by atoms with Gasteiger partial charge in [0.2, 0.25) is 0 Å². The molecule has 1 fully saturated rings. The molecule has 126 valence electrons. The number of nitrogens with two attached hydrogens (primary N) is 2. The van der Waals surface area contributed by atoms with Crippen molar-refractivity contribution in [3.63, 3.8) is 0 Å². The van der Waals surface area contributed by atoms with Gasteiger partial charge in [0.15, 0.2) is 4.87 Å². The van der Waals surface area contributed by atoms with Gasteiger partial charge in [0.05, 0.1) is 0 Å². The van der Waals surface area contributed by atoms with Crippen molar-refractivity contribution >= 4 is 29.4 Å². The lowest BCUT2D eigenvalue weighted by molar-refractivity contribution is -0.124. The second kappa shape index (κ2) is 6.31. The molecule has 1 heterocycles. The van der Waals surface area contributed by atoms with Crippen LogP contribution in [-0.4, -0.2) is 39.7 Å². The van der Waals surface area contributed by atoms with Crippen molar-refractivity contribution in [3.8, 4) is 0 Å². The number of anilines is 1. The third-order valence-electron chi connectivity index (χ3n) is 3.51. The van der Waals surface area contributed by atoms with Crippen molar-refractivity contribution in [3.05, 3.63) is 29.8 Å². The summed E-state index contributed by atoms with van der Waals surface area (Å²) < 4.78 is 5.43. The van der Waals surface area contributed by atoms with Crippen LogP contribution in [0.25, 0.3) is 0 Å².